The molecule has 0 aliphatic carbocycles. The zero-order valence-corrected chi connectivity index (χ0v) is 7.15. The average Bonchev–Trinajstić information content (AvgIpc) is 2.52. The van der Waals surface area contributed by atoms with Crippen LogP contribution < -0.4 is 0 Å². The van der Waals surface area contributed by atoms with Crippen LogP contribution in [0, 0.1) is 11.3 Å². The molecule has 4 nitrogen and oxygen atoms in total. The van der Waals surface area contributed by atoms with Crippen LogP contribution >= 0.6 is 0 Å². The molecule has 1 heterocycles. The topological polar surface area (TPSA) is 61.8 Å². The molecule has 0 spiro atoms. The van der Waals surface area contributed by atoms with Gasteiger partial charge >= 0.3 is 0 Å². The third-order valence-corrected chi connectivity index (χ3v) is 1.71. The number of hydrogen-bond donors (Lipinski definition) is 1. The molecule has 0 amide bonds. The van der Waals surface area contributed by atoms with Crippen molar-refractivity contribution in [3.05, 3.63) is 18.2 Å². The van der Waals surface area contributed by atoms with E-state index in [-0.39, 0.29) is 0 Å². The summed E-state index contributed by atoms with van der Waals surface area (Å²) in [5.41, 5.74) is -1.49. The normalized spacial score (nSPS) is 15.2. The van der Waals surface area contributed by atoms with Gasteiger partial charge in [-0.2, -0.15) is 5.26 Å². The van der Waals surface area contributed by atoms with Crippen molar-refractivity contribution in [1.29, 1.82) is 5.26 Å². The number of aryl methyl sites for hydroxylation is 1. The molecule has 4 heteroatoms. The first-order valence-corrected chi connectivity index (χ1v) is 3.77. The molecular weight excluding hydrogens is 154 g/mol. The van der Waals surface area contributed by atoms with Gasteiger partial charge in [-0.15, -0.1) is 0 Å². The zero-order chi connectivity index (χ0) is 9.19. The smallest absolute Gasteiger partial charge is 0.206 e. The molecule has 1 rings (SSSR count). The Kier molecular flexibility index (Phi) is 2.15. The maximum atomic E-state index is 9.55. The Labute approximate surface area is 71.1 Å². The molecule has 0 aliphatic heterocycles. The van der Waals surface area contributed by atoms with Crippen molar-refractivity contribution in [3.63, 3.8) is 0 Å². The van der Waals surface area contributed by atoms with Crippen LogP contribution in [0.25, 0.3) is 0 Å². The van der Waals surface area contributed by atoms with Crippen LogP contribution in [0.1, 0.15) is 19.7 Å². The van der Waals surface area contributed by atoms with Gasteiger partial charge in [0.1, 0.15) is 6.07 Å². The Morgan fingerprint density at radius 2 is 2.50 bits per heavy atom. The van der Waals surface area contributed by atoms with Gasteiger partial charge in [-0.05, 0) is 13.8 Å². The summed E-state index contributed by atoms with van der Waals surface area (Å²) >= 11 is 0. The first kappa shape index (κ1) is 8.75. The molecule has 0 fully saturated rings. The van der Waals surface area contributed by atoms with E-state index in [2.05, 4.69) is 4.98 Å². The van der Waals surface area contributed by atoms with Gasteiger partial charge in [0.05, 0.1) is 0 Å². The van der Waals surface area contributed by atoms with E-state index in [1.54, 1.807) is 23.0 Å². The van der Waals surface area contributed by atoms with E-state index in [4.69, 9.17) is 5.26 Å². The highest BCUT2D eigenvalue weighted by molar-refractivity contribution is 5.13. The Balaban J connectivity index is 3.11. The zero-order valence-electron chi connectivity index (χ0n) is 7.15. The summed E-state index contributed by atoms with van der Waals surface area (Å²) < 4.78 is 1.74. The van der Waals surface area contributed by atoms with E-state index in [9.17, 15) is 5.11 Å². The summed E-state index contributed by atoms with van der Waals surface area (Å²) in [6.45, 7) is 4.06. The number of imidazole rings is 1. The van der Waals surface area contributed by atoms with Crippen molar-refractivity contribution in [2.45, 2.75) is 26.0 Å². The van der Waals surface area contributed by atoms with Crippen molar-refractivity contribution in [1.82, 2.24) is 9.55 Å². The molecule has 1 aromatic heterocycles. The predicted octanol–water partition coefficient (Wildman–Crippen LogP) is 0.634. The lowest BCUT2D eigenvalue weighted by Crippen LogP contribution is -2.23. The van der Waals surface area contributed by atoms with Crippen molar-refractivity contribution < 1.29 is 5.11 Å². The molecule has 12 heavy (non-hydrogen) atoms. The number of rotatable bonds is 2. The van der Waals surface area contributed by atoms with Gasteiger partial charge in [0, 0.05) is 18.9 Å². The SMILES string of the molecule is CCn1ccnc1C(C)(O)C#N. The quantitative estimate of drug-likeness (QED) is 0.654. The summed E-state index contributed by atoms with van der Waals surface area (Å²) in [5.74, 6) is 0.396. The Morgan fingerprint density at radius 3 is 3.00 bits per heavy atom. The number of aromatic nitrogens is 2. The maximum Gasteiger partial charge on any atom is 0.206 e. The lowest BCUT2D eigenvalue weighted by atomic mass is 10.1. The van der Waals surface area contributed by atoms with Crippen LogP contribution in [0.4, 0.5) is 0 Å². The van der Waals surface area contributed by atoms with E-state index >= 15 is 0 Å². The fourth-order valence-electron chi connectivity index (χ4n) is 1.04. The first-order valence-electron chi connectivity index (χ1n) is 3.77. The summed E-state index contributed by atoms with van der Waals surface area (Å²) in [7, 11) is 0. The van der Waals surface area contributed by atoms with Gasteiger partial charge in [0.2, 0.25) is 5.60 Å². The molecule has 1 N–H and O–H groups in total. The van der Waals surface area contributed by atoms with Gasteiger partial charge in [-0.1, -0.05) is 0 Å². The minimum atomic E-state index is -1.49. The predicted molar refractivity (Wildman–Crippen MR) is 43.1 cm³/mol. The largest absolute Gasteiger partial charge is 0.369 e. The molecule has 1 atom stereocenters. The molecule has 0 radical (unpaired) electrons. The van der Waals surface area contributed by atoms with Crippen molar-refractivity contribution in [3.8, 4) is 6.07 Å². The fourth-order valence-corrected chi connectivity index (χ4v) is 1.04. The highest BCUT2D eigenvalue weighted by Crippen LogP contribution is 2.16. The van der Waals surface area contributed by atoms with Crippen LogP contribution in [0.5, 0.6) is 0 Å². The van der Waals surface area contributed by atoms with E-state index in [1.807, 2.05) is 6.92 Å². The van der Waals surface area contributed by atoms with Gasteiger partial charge < -0.3 is 9.67 Å². The Morgan fingerprint density at radius 1 is 1.83 bits per heavy atom. The van der Waals surface area contributed by atoms with Gasteiger partial charge in [-0.3, -0.25) is 0 Å². The molecule has 1 unspecified atom stereocenters. The molecular formula is C8H11N3O. The molecule has 1 aromatic rings. The Bertz CT molecular complexity index is 308. The van der Waals surface area contributed by atoms with E-state index in [0.717, 1.165) is 0 Å². The van der Waals surface area contributed by atoms with Crippen molar-refractivity contribution in [2.24, 2.45) is 0 Å². The fraction of sp³-hybridized carbons (Fsp3) is 0.500. The number of hydrogen-bond acceptors (Lipinski definition) is 3. The lowest BCUT2D eigenvalue weighted by molar-refractivity contribution is 0.105. The summed E-state index contributed by atoms with van der Waals surface area (Å²) in [6.07, 6.45) is 3.31. The molecule has 0 aliphatic rings. The monoisotopic (exact) mass is 165 g/mol. The lowest BCUT2D eigenvalue weighted by Gasteiger charge is -2.14. The standard InChI is InChI=1S/C8H11N3O/c1-3-11-5-4-10-7(11)8(2,12)6-9/h4-5,12H,3H2,1-2H3. The van der Waals surface area contributed by atoms with Crippen LogP contribution in [0.15, 0.2) is 12.4 Å². The summed E-state index contributed by atoms with van der Waals surface area (Å²) in [5, 5.41) is 18.2. The van der Waals surface area contributed by atoms with Crippen molar-refractivity contribution >= 4 is 0 Å². The minimum Gasteiger partial charge on any atom is -0.369 e. The van der Waals surface area contributed by atoms with E-state index in [1.165, 1.54) is 6.92 Å². The van der Waals surface area contributed by atoms with E-state index < -0.39 is 5.60 Å². The van der Waals surface area contributed by atoms with Gasteiger partial charge in [0.15, 0.2) is 5.82 Å². The van der Waals surface area contributed by atoms with Crippen LogP contribution in [-0.4, -0.2) is 14.7 Å². The van der Waals surface area contributed by atoms with Crippen LogP contribution in [-0.2, 0) is 12.1 Å². The van der Waals surface area contributed by atoms with Gasteiger partial charge in [0.25, 0.3) is 0 Å². The third-order valence-electron chi connectivity index (χ3n) is 1.71. The summed E-state index contributed by atoms with van der Waals surface area (Å²) in [4.78, 5) is 3.92. The average molecular weight is 165 g/mol. The van der Waals surface area contributed by atoms with Crippen LogP contribution in [0.2, 0.25) is 0 Å². The first-order chi connectivity index (χ1) is 5.61. The number of aliphatic hydroxyl groups is 1. The highest BCUT2D eigenvalue weighted by Gasteiger charge is 2.27. The third kappa shape index (κ3) is 1.31. The van der Waals surface area contributed by atoms with Crippen molar-refractivity contribution in [2.75, 3.05) is 0 Å². The molecule has 64 valence electrons. The molecule has 0 aromatic carbocycles. The molecule has 0 saturated carbocycles. The Hall–Kier alpha value is -1.34. The molecule has 0 bridgehead atoms. The van der Waals surface area contributed by atoms with E-state index in [0.29, 0.717) is 12.4 Å². The second-order valence-corrected chi connectivity index (χ2v) is 2.72. The van der Waals surface area contributed by atoms with Gasteiger partial charge in [-0.25, -0.2) is 4.98 Å². The summed E-state index contributed by atoms with van der Waals surface area (Å²) in [6, 6.07) is 1.79. The number of nitrogens with zero attached hydrogens (tertiary/aromatic N) is 3. The second-order valence-electron chi connectivity index (χ2n) is 2.72. The minimum absolute atomic E-state index is 0.396. The molecule has 0 saturated heterocycles. The maximum absolute atomic E-state index is 9.55. The number of nitriles is 1. The second kappa shape index (κ2) is 2.95. The van der Waals surface area contributed by atoms with Crippen LogP contribution in [0.3, 0.4) is 0 Å². The highest BCUT2D eigenvalue weighted by atomic mass is 16.3.